The molecule has 0 saturated carbocycles. The number of hydrogen-bond acceptors (Lipinski definition) is 3. The van der Waals surface area contributed by atoms with Crippen molar-refractivity contribution in [3.8, 4) is 0 Å². The number of nitrogens with one attached hydrogen (secondary N) is 1. The molecule has 5 nitrogen and oxygen atoms in total. The molecule has 0 aromatic heterocycles. The molecule has 0 bridgehead atoms. The molecule has 1 saturated heterocycles. The van der Waals surface area contributed by atoms with Crippen LogP contribution in [0, 0.1) is 0 Å². The van der Waals surface area contributed by atoms with Crippen molar-refractivity contribution in [2.24, 2.45) is 0 Å². The summed E-state index contributed by atoms with van der Waals surface area (Å²) in [5.74, 6) is -1.74. The molecule has 5 heteroatoms. The Kier molecular flexibility index (Phi) is 3.23. The Morgan fingerprint density at radius 1 is 0.857 bits per heavy atom. The molecule has 21 heavy (non-hydrogen) atoms. The Labute approximate surface area is 121 Å². The minimum Gasteiger partial charge on any atom is -0.269 e. The molecule has 2 aromatic carbocycles. The van der Waals surface area contributed by atoms with E-state index in [0.29, 0.717) is 12.1 Å². The van der Waals surface area contributed by atoms with Crippen LogP contribution in [0.5, 0.6) is 0 Å². The van der Waals surface area contributed by atoms with Gasteiger partial charge < -0.3 is 0 Å². The normalized spacial score (nSPS) is 14.5. The molecule has 2 aromatic rings. The van der Waals surface area contributed by atoms with Crippen LogP contribution in [0.2, 0.25) is 0 Å². The monoisotopic (exact) mass is 280 g/mol. The van der Waals surface area contributed by atoms with Gasteiger partial charge >= 0.3 is 17.8 Å². The van der Waals surface area contributed by atoms with Crippen LogP contribution in [0.25, 0.3) is 0 Å². The summed E-state index contributed by atoms with van der Waals surface area (Å²) in [7, 11) is 0. The molecule has 0 unspecified atom stereocenters. The summed E-state index contributed by atoms with van der Waals surface area (Å²) in [4.78, 5) is 35.8. The molecule has 4 amide bonds. The minimum atomic E-state index is -0.894. The lowest BCUT2D eigenvalue weighted by molar-refractivity contribution is -0.134. The second kappa shape index (κ2) is 5.20. The number of carbonyl (C=O) groups is 3. The predicted molar refractivity (Wildman–Crippen MR) is 76.7 cm³/mol. The fourth-order valence-corrected chi connectivity index (χ4v) is 2.31. The molecule has 1 aliphatic rings. The van der Waals surface area contributed by atoms with E-state index in [1.165, 1.54) is 0 Å². The Balaban J connectivity index is 1.99. The number of carbonyl (C=O) groups excluding carboxylic acids is 3. The molecular formula is C16H12N2O3. The molecule has 1 N–H and O–H groups in total. The maximum Gasteiger partial charge on any atom is 0.336 e. The molecule has 3 rings (SSSR count). The Morgan fingerprint density at radius 3 is 2.19 bits per heavy atom. The number of nitrogens with zero attached hydrogens (tertiary/aromatic N) is 1. The first-order valence-electron chi connectivity index (χ1n) is 6.48. The Bertz CT molecular complexity index is 725. The van der Waals surface area contributed by atoms with Gasteiger partial charge in [-0.2, -0.15) is 0 Å². The van der Waals surface area contributed by atoms with Gasteiger partial charge in [-0.05, 0) is 23.6 Å². The van der Waals surface area contributed by atoms with Gasteiger partial charge in [0, 0.05) is 0 Å². The fourth-order valence-electron chi connectivity index (χ4n) is 2.31. The first-order valence-corrected chi connectivity index (χ1v) is 6.48. The van der Waals surface area contributed by atoms with Crippen molar-refractivity contribution in [1.29, 1.82) is 0 Å². The van der Waals surface area contributed by atoms with Crippen LogP contribution in [0.15, 0.2) is 54.6 Å². The largest absolute Gasteiger partial charge is 0.336 e. The standard InChI is InChI=1S/C16H12N2O3/c19-14-15(20)18(16(21)17-14)13-9-5-4-8-12(13)10-11-6-2-1-3-7-11/h1-9H,10H2,(H,17,19,21). The summed E-state index contributed by atoms with van der Waals surface area (Å²) in [6.07, 6.45) is 0.572. The number of anilines is 1. The van der Waals surface area contributed by atoms with Crippen molar-refractivity contribution < 1.29 is 14.4 Å². The van der Waals surface area contributed by atoms with Crippen LogP contribution in [0.3, 0.4) is 0 Å². The van der Waals surface area contributed by atoms with Crippen molar-refractivity contribution in [2.75, 3.05) is 4.90 Å². The molecule has 0 atom stereocenters. The van der Waals surface area contributed by atoms with E-state index in [2.05, 4.69) is 0 Å². The summed E-state index contributed by atoms with van der Waals surface area (Å²) < 4.78 is 0. The highest BCUT2D eigenvalue weighted by Gasteiger charge is 2.38. The van der Waals surface area contributed by atoms with Crippen molar-refractivity contribution in [3.63, 3.8) is 0 Å². The minimum absolute atomic E-state index is 0.440. The van der Waals surface area contributed by atoms with Crippen LogP contribution >= 0.6 is 0 Å². The topological polar surface area (TPSA) is 66.5 Å². The second-order valence-corrected chi connectivity index (χ2v) is 4.69. The number of urea groups is 1. The van der Waals surface area contributed by atoms with Gasteiger partial charge in [0.25, 0.3) is 0 Å². The SMILES string of the molecule is O=C1NC(=O)N(c2ccccc2Cc2ccccc2)C1=O. The van der Waals surface area contributed by atoms with Gasteiger partial charge in [-0.1, -0.05) is 48.5 Å². The number of imide groups is 2. The lowest BCUT2D eigenvalue weighted by atomic mass is 10.0. The zero-order valence-corrected chi connectivity index (χ0v) is 11.1. The van der Waals surface area contributed by atoms with Gasteiger partial charge in [-0.25, -0.2) is 9.69 Å². The van der Waals surface area contributed by atoms with E-state index in [9.17, 15) is 14.4 Å². The van der Waals surface area contributed by atoms with Crippen molar-refractivity contribution >= 4 is 23.5 Å². The quantitative estimate of drug-likeness (QED) is 0.689. The Morgan fingerprint density at radius 2 is 1.52 bits per heavy atom. The molecule has 1 aliphatic heterocycles. The summed E-state index contributed by atoms with van der Waals surface area (Å²) in [5, 5.41) is 2.00. The van der Waals surface area contributed by atoms with Gasteiger partial charge in [0.1, 0.15) is 0 Å². The summed E-state index contributed by atoms with van der Waals surface area (Å²) in [6.45, 7) is 0. The highest BCUT2D eigenvalue weighted by Crippen LogP contribution is 2.25. The predicted octanol–water partition coefficient (Wildman–Crippen LogP) is 1.86. The summed E-state index contributed by atoms with van der Waals surface area (Å²) in [5.41, 5.74) is 2.31. The first kappa shape index (κ1) is 13.1. The highest BCUT2D eigenvalue weighted by atomic mass is 16.2. The third kappa shape index (κ3) is 2.41. The van der Waals surface area contributed by atoms with Crippen LogP contribution in [-0.2, 0) is 16.0 Å². The average molecular weight is 280 g/mol. The van der Waals surface area contributed by atoms with E-state index in [-0.39, 0.29) is 0 Å². The zero-order chi connectivity index (χ0) is 14.8. The molecule has 1 heterocycles. The van der Waals surface area contributed by atoms with Gasteiger partial charge in [0.05, 0.1) is 5.69 Å². The number of amides is 4. The van der Waals surface area contributed by atoms with E-state index < -0.39 is 17.8 Å². The van der Waals surface area contributed by atoms with Crippen molar-refractivity contribution in [3.05, 3.63) is 65.7 Å². The lowest BCUT2D eigenvalue weighted by Gasteiger charge is -2.16. The third-order valence-electron chi connectivity index (χ3n) is 3.29. The number of benzene rings is 2. The summed E-state index contributed by atoms with van der Waals surface area (Å²) >= 11 is 0. The molecule has 0 radical (unpaired) electrons. The van der Waals surface area contributed by atoms with E-state index in [1.54, 1.807) is 12.1 Å². The van der Waals surface area contributed by atoms with E-state index in [1.807, 2.05) is 47.8 Å². The number of para-hydroxylation sites is 1. The summed E-state index contributed by atoms with van der Waals surface area (Å²) in [6, 6.07) is 16.1. The van der Waals surface area contributed by atoms with Gasteiger partial charge in [0.15, 0.2) is 0 Å². The molecule has 0 spiro atoms. The van der Waals surface area contributed by atoms with E-state index in [4.69, 9.17) is 0 Å². The van der Waals surface area contributed by atoms with Crippen LogP contribution < -0.4 is 10.2 Å². The average Bonchev–Trinajstić information content (AvgIpc) is 2.74. The smallest absolute Gasteiger partial charge is 0.269 e. The number of rotatable bonds is 3. The van der Waals surface area contributed by atoms with Crippen LogP contribution in [0.1, 0.15) is 11.1 Å². The molecule has 0 aliphatic carbocycles. The van der Waals surface area contributed by atoms with Gasteiger partial charge in [-0.15, -0.1) is 0 Å². The first-order chi connectivity index (χ1) is 10.2. The van der Waals surface area contributed by atoms with Crippen molar-refractivity contribution in [2.45, 2.75) is 6.42 Å². The maximum atomic E-state index is 11.8. The van der Waals surface area contributed by atoms with Crippen LogP contribution in [-0.4, -0.2) is 17.8 Å². The van der Waals surface area contributed by atoms with Crippen molar-refractivity contribution in [1.82, 2.24) is 5.32 Å². The number of hydrogen-bond donors (Lipinski definition) is 1. The van der Waals surface area contributed by atoms with E-state index >= 15 is 0 Å². The van der Waals surface area contributed by atoms with Gasteiger partial charge in [0.2, 0.25) is 0 Å². The molecular weight excluding hydrogens is 268 g/mol. The maximum absolute atomic E-state index is 11.8. The second-order valence-electron chi connectivity index (χ2n) is 4.69. The van der Waals surface area contributed by atoms with E-state index in [0.717, 1.165) is 16.0 Å². The van der Waals surface area contributed by atoms with Gasteiger partial charge in [-0.3, -0.25) is 14.9 Å². The molecule has 1 fully saturated rings. The van der Waals surface area contributed by atoms with Crippen LogP contribution in [0.4, 0.5) is 10.5 Å². The Hall–Kier alpha value is -2.95. The molecule has 104 valence electrons. The zero-order valence-electron chi connectivity index (χ0n) is 11.1. The fraction of sp³-hybridized carbons (Fsp3) is 0.0625. The highest BCUT2D eigenvalue weighted by molar-refractivity contribution is 6.53. The lowest BCUT2D eigenvalue weighted by Crippen LogP contribution is -2.31. The third-order valence-corrected chi connectivity index (χ3v) is 3.29.